The quantitative estimate of drug-likeness (QED) is 0.480. The van der Waals surface area contributed by atoms with Crippen molar-refractivity contribution in [3.05, 3.63) is 0 Å². The molecule has 0 radical (unpaired) electrons. The molecule has 0 bridgehead atoms. The lowest BCUT2D eigenvalue weighted by Crippen LogP contribution is -2.18. The van der Waals surface area contributed by atoms with Gasteiger partial charge in [-0.2, -0.15) is 0 Å². The maximum Gasteiger partial charge on any atom is 0.353 e. The van der Waals surface area contributed by atoms with Gasteiger partial charge in [-0.05, 0) is 11.2 Å². The first-order valence-corrected chi connectivity index (χ1v) is 4.32. The van der Waals surface area contributed by atoms with E-state index < -0.39 is 17.1 Å². The molecule has 0 saturated carbocycles. The van der Waals surface area contributed by atoms with Crippen molar-refractivity contribution in [1.29, 1.82) is 0 Å². The van der Waals surface area contributed by atoms with Gasteiger partial charge in [-0.1, -0.05) is 0 Å². The molecule has 0 fully saturated rings. The molecular formula is C4H7ClO3S. The molecule has 54 valence electrons. The van der Waals surface area contributed by atoms with Crippen LogP contribution in [0.5, 0.6) is 0 Å². The zero-order chi connectivity index (χ0) is 7.28. The summed E-state index contributed by atoms with van der Waals surface area (Å²) >= 11 is 3.91. The third kappa shape index (κ3) is 5.95. The minimum atomic E-state index is -1.28. The number of carboxylic acid groups (broad SMARTS) is 1. The van der Waals surface area contributed by atoms with E-state index in [1.807, 2.05) is 0 Å². The van der Waals surface area contributed by atoms with Gasteiger partial charge in [0.2, 0.25) is 5.75 Å². The Balaban J connectivity index is 3.26. The topological polar surface area (TPSA) is 60.4 Å². The predicted octanol–water partition coefficient (Wildman–Crippen LogP) is 0.0585. The molecule has 0 heterocycles. The molecule has 0 aromatic heterocycles. The Bertz CT molecular complexity index is 97.8. The van der Waals surface area contributed by atoms with Crippen LogP contribution in [0.4, 0.5) is 0 Å². The Morgan fingerprint density at radius 1 is 1.78 bits per heavy atom. The highest BCUT2D eigenvalue weighted by molar-refractivity contribution is 7.92. The highest BCUT2D eigenvalue weighted by Gasteiger charge is 2.09. The van der Waals surface area contributed by atoms with Gasteiger partial charge in [-0.3, -0.25) is 0 Å². The molecule has 0 aliphatic carbocycles. The molecule has 1 atom stereocenters. The van der Waals surface area contributed by atoms with Gasteiger partial charge in [0.05, 0.1) is 5.88 Å². The van der Waals surface area contributed by atoms with Crippen molar-refractivity contribution in [2.24, 2.45) is 0 Å². The SMILES string of the molecule is O=C(O)C[S+]([O-])CCCl. The monoisotopic (exact) mass is 170 g/mol. The number of carboxylic acids is 1. The van der Waals surface area contributed by atoms with Crippen LogP contribution in [0.2, 0.25) is 0 Å². The second-order valence-corrected chi connectivity index (χ2v) is 3.33. The number of aliphatic carboxylic acids is 1. The molecule has 0 spiro atoms. The fourth-order valence-electron chi connectivity index (χ4n) is 0.296. The van der Waals surface area contributed by atoms with Gasteiger partial charge in [0.15, 0.2) is 0 Å². The van der Waals surface area contributed by atoms with Crippen molar-refractivity contribution in [3.8, 4) is 0 Å². The molecule has 0 aromatic rings. The number of hydrogen-bond donors (Lipinski definition) is 1. The Hall–Kier alpha value is 0.0700. The second kappa shape index (κ2) is 4.90. The van der Waals surface area contributed by atoms with Gasteiger partial charge in [0.1, 0.15) is 5.75 Å². The molecule has 0 amide bonds. The van der Waals surface area contributed by atoms with Crippen LogP contribution >= 0.6 is 11.6 Å². The lowest BCUT2D eigenvalue weighted by atomic mass is 10.8. The minimum Gasteiger partial charge on any atom is -0.616 e. The fraction of sp³-hybridized carbons (Fsp3) is 0.750. The first-order valence-electron chi connectivity index (χ1n) is 2.29. The van der Waals surface area contributed by atoms with Crippen LogP contribution in [0.3, 0.4) is 0 Å². The normalized spacial score (nSPS) is 13.1. The van der Waals surface area contributed by atoms with Crippen LogP contribution in [0.25, 0.3) is 0 Å². The van der Waals surface area contributed by atoms with Crippen LogP contribution in [-0.4, -0.2) is 33.0 Å². The average molecular weight is 171 g/mol. The molecule has 0 aliphatic rings. The summed E-state index contributed by atoms with van der Waals surface area (Å²) in [6, 6.07) is 0. The Labute approximate surface area is 61.2 Å². The molecule has 0 rings (SSSR count). The lowest BCUT2D eigenvalue weighted by molar-refractivity contribution is -0.134. The summed E-state index contributed by atoms with van der Waals surface area (Å²) in [7, 11) is 0. The van der Waals surface area contributed by atoms with Crippen molar-refractivity contribution in [2.75, 3.05) is 17.4 Å². The largest absolute Gasteiger partial charge is 0.616 e. The summed E-state index contributed by atoms with van der Waals surface area (Å²) in [4.78, 5) is 9.85. The third-order valence-electron chi connectivity index (χ3n) is 0.589. The maximum absolute atomic E-state index is 10.5. The van der Waals surface area contributed by atoms with Gasteiger partial charge in [0, 0.05) is 0 Å². The zero-order valence-corrected chi connectivity index (χ0v) is 6.24. The van der Waals surface area contributed by atoms with Crippen LogP contribution in [-0.2, 0) is 16.0 Å². The third-order valence-corrected chi connectivity index (χ3v) is 2.23. The molecule has 1 unspecified atom stereocenters. The fourth-order valence-corrected chi connectivity index (χ4v) is 1.40. The van der Waals surface area contributed by atoms with E-state index >= 15 is 0 Å². The second-order valence-electron chi connectivity index (χ2n) is 1.37. The zero-order valence-electron chi connectivity index (χ0n) is 4.67. The number of hydrogen-bond acceptors (Lipinski definition) is 2. The summed E-state index contributed by atoms with van der Waals surface area (Å²) in [5, 5.41) is 8.07. The average Bonchev–Trinajstić information content (AvgIpc) is 1.63. The van der Waals surface area contributed by atoms with Crippen molar-refractivity contribution < 1.29 is 14.5 Å². The van der Waals surface area contributed by atoms with Gasteiger partial charge >= 0.3 is 5.97 Å². The maximum atomic E-state index is 10.5. The van der Waals surface area contributed by atoms with Crippen LogP contribution in [0.1, 0.15) is 0 Å². The Kier molecular flexibility index (Phi) is 4.94. The number of alkyl halides is 1. The molecule has 3 nitrogen and oxygen atoms in total. The highest BCUT2D eigenvalue weighted by Crippen LogP contribution is 1.91. The summed E-state index contributed by atoms with van der Waals surface area (Å²) < 4.78 is 10.5. The molecule has 0 aliphatic heterocycles. The summed E-state index contributed by atoms with van der Waals surface area (Å²) in [6.45, 7) is 0. The van der Waals surface area contributed by atoms with E-state index in [1.165, 1.54) is 0 Å². The van der Waals surface area contributed by atoms with Gasteiger partial charge in [-0.25, -0.2) is 4.79 Å². The highest BCUT2D eigenvalue weighted by atomic mass is 35.5. The van der Waals surface area contributed by atoms with Crippen molar-refractivity contribution in [3.63, 3.8) is 0 Å². The van der Waals surface area contributed by atoms with Crippen molar-refractivity contribution >= 4 is 28.7 Å². The summed E-state index contributed by atoms with van der Waals surface area (Å²) in [6.07, 6.45) is 0. The first kappa shape index (κ1) is 9.07. The molecular weight excluding hydrogens is 164 g/mol. The smallest absolute Gasteiger partial charge is 0.353 e. The van der Waals surface area contributed by atoms with E-state index in [-0.39, 0.29) is 17.4 Å². The van der Waals surface area contributed by atoms with E-state index in [0.717, 1.165) is 0 Å². The van der Waals surface area contributed by atoms with Crippen molar-refractivity contribution in [2.45, 2.75) is 0 Å². The van der Waals surface area contributed by atoms with E-state index in [2.05, 4.69) is 0 Å². The number of halogens is 1. The summed E-state index contributed by atoms with van der Waals surface area (Å²) in [5.41, 5.74) is 0. The van der Waals surface area contributed by atoms with Crippen LogP contribution in [0, 0.1) is 0 Å². The van der Waals surface area contributed by atoms with E-state index in [0.29, 0.717) is 0 Å². The number of rotatable bonds is 4. The van der Waals surface area contributed by atoms with Gasteiger partial charge in [-0.15, -0.1) is 11.6 Å². The molecule has 0 saturated heterocycles. The van der Waals surface area contributed by atoms with E-state index in [4.69, 9.17) is 16.7 Å². The van der Waals surface area contributed by atoms with Gasteiger partial charge in [0.25, 0.3) is 0 Å². The minimum absolute atomic E-state index is 0.250. The molecule has 5 heteroatoms. The Morgan fingerprint density at radius 2 is 2.33 bits per heavy atom. The predicted molar refractivity (Wildman–Crippen MR) is 36.2 cm³/mol. The van der Waals surface area contributed by atoms with E-state index in [9.17, 15) is 9.35 Å². The number of carbonyl (C=O) groups is 1. The van der Waals surface area contributed by atoms with Crippen molar-refractivity contribution in [1.82, 2.24) is 0 Å². The first-order chi connectivity index (χ1) is 4.16. The molecule has 0 aromatic carbocycles. The van der Waals surface area contributed by atoms with Gasteiger partial charge < -0.3 is 9.66 Å². The van der Waals surface area contributed by atoms with Crippen LogP contribution < -0.4 is 0 Å². The van der Waals surface area contributed by atoms with E-state index in [1.54, 1.807) is 0 Å². The Morgan fingerprint density at radius 3 is 2.67 bits per heavy atom. The lowest BCUT2D eigenvalue weighted by Gasteiger charge is -2.04. The molecule has 9 heavy (non-hydrogen) atoms. The van der Waals surface area contributed by atoms with Crippen LogP contribution in [0.15, 0.2) is 0 Å². The summed E-state index contributed by atoms with van der Waals surface area (Å²) in [5.74, 6) is -0.834. The molecule has 1 N–H and O–H groups in total. The standard InChI is InChI=1S/C4H7ClO3S/c5-1-2-9(8)3-4(6)7/h1-3H2,(H,6,7).